The number of hydrogen-bond acceptors (Lipinski definition) is 6. The van der Waals surface area contributed by atoms with Gasteiger partial charge in [0.15, 0.2) is 11.5 Å². The van der Waals surface area contributed by atoms with E-state index in [0.717, 1.165) is 0 Å². The average molecular weight is 681 g/mol. The summed E-state index contributed by atoms with van der Waals surface area (Å²) in [6, 6.07) is 37.4. The van der Waals surface area contributed by atoms with Crippen molar-refractivity contribution in [2.75, 3.05) is 52.9 Å². The normalized spacial score (nSPS) is 14.2. The zero-order valence-corrected chi connectivity index (χ0v) is 26.4. The molecule has 1 aliphatic rings. The zero-order valence-electron chi connectivity index (χ0n) is 23.5. The molecule has 0 atom stereocenters. The molecule has 4 aromatic carbocycles. The number of carboxylic acids is 1. The maximum atomic E-state index is 11.0. The molecule has 42 heavy (non-hydrogen) atoms. The van der Waals surface area contributed by atoms with E-state index in [1.807, 2.05) is 0 Å². The van der Waals surface area contributed by atoms with Crippen molar-refractivity contribution >= 4 is 36.5 Å². The van der Waals surface area contributed by atoms with Crippen molar-refractivity contribution in [3.05, 3.63) is 115 Å². The molecule has 0 amide bonds. The predicted octanol–water partition coefficient (Wildman–Crippen LogP) is 2.49. The Morgan fingerprint density at radius 3 is 1.31 bits per heavy atom. The molecule has 0 spiro atoms. The van der Waals surface area contributed by atoms with E-state index in [2.05, 4.69) is 91.0 Å². The van der Waals surface area contributed by atoms with E-state index in [1.54, 1.807) is 6.07 Å². The summed E-state index contributed by atoms with van der Waals surface area (Å²) < 4.78 is 31.8. The molecule has 0 unspecified atom stereocenters. The van der Waals surface area contributed by atoms with Crippen LogP contribution < -0.4 is 20.2 Å². The van der Waals surface area contributed by atoms with E-state index in [-0.39, 0.29) is 11.0 Å². The van der Waals surface area contributed by atoms with Crippen LogP contribution in [-0.2, 0) is 19.7 Å². The first-order valence-corrected chi connectivity index (χ1v) is 17.9. The van der Waals surface area contributed by atoms with Crippen molar-refractivity contribution in [3.8, 4) is 11.5 Å². The van der Waals surface area contributed by atoms with Gasteiger partial charge in [0.25, 0.3) is 0 Å². The minimum absolute atomic E-state index is 0. The van der Waals surface area contributed by atoms with Gasteiger partial charge in [-0.15, -0.1) is 0 Å². The van der Waals surface area contributed by atoms with Crippen molar-refractivity contribution in [2.45, 2.75) is 0 Å². The van der Waals surface area contributed by atoms with Crippen LogP contribution in [0.2, 0.25) is 0 Å². The molecule has 0 saturated heterocycles. The van der Waals surface area contributed by atoms with Crippen LogP contribution in [0.1, 0.15) is 10.4 Å². The first-order chi connectivity index (χ1) is 20.2. The quantitative estimate of drug-likeness (QED) is 0.260. The molecule has 4 N–H and O–H groups in total. The van der Waals surface area contributed by atoms with Gasteiger partial charge in [-0.05, 0) is 18.2 Å². The molecule has 0 bridgehead atoms. The molecule has 0 aromatic heterocycles. The predicted molar refractivity (Wildman–Crippen MR) is 166 cm³/mol. The van der Waals surface area contributed by atoms with E-state index >= 15 is 0 Å². The van der Waals surface area contributed by atoms with Crippen molar-refractivity contribution in [1.82, 2.24) is 0 Å². The second-order valence-corrected chi connectivity index (χ2v) is 16.1. The first-order valence-electron chi connectivity index (χ1n) is 13.6. The summed E-state index contributed by atoms with van der Waals surface area (Å²) in [6.45, 7) is 3.43. The SMILES string of the molecule is O=C(O)c1ccc2c(c1)OCCOCCOCCOCCO2.[OH3+].c1cc[c]([Sn]([c]2ccccc2)[c]2ccccc2)cc1. The Hall–Kier alpha value is -3.41. The molecule has 5 rings (SSSR count). The number of rotatable bonds is 4. The summed E-state index contributed by atoms with van der Waals surface area (Å²) in [7, 11) is 0. The number of carbonyl (C=O) groups is 1. The molecule has 1 heterocycles. The Bertz CT molecular complexity index is 1210. The fourth-order valence-electron chi connectivity index (χ4n) is 4.15. The molecular weight excluding hydrogens is 643 g/mol. The summed E-state index contributed by atoms with van der Waals surface area (Å²) >= 11 is -1.98. The van der Waals surface area contributed by atoms with E-state index in [4.69, 9.17) is 28.8 Å². The Morgan fingerprint density at radius 1 is 0.524 bits per heavy atom. The monoisotopic (exact) mass is 682 g/mol. The average Bonchev–Trinajstić information content (AvgIpc) is 3.02. The van der Waals surface area contributed by atoms with Crippen LogP contribution in [0.3, 0.4) is 0 Å². The fourth-order valence-corrected chi connectivity index (χ4v) is 11.5. The summed E-state index contributed by atoms with van der Waals surface area (Å²) in [5.41, 5.74) is 0.144. The number of hydrogen-bond donors (Lipinski definition) is 1. The van der Waals surface area contributed by atoms with Gasteiger partial charge in [-0.2, -0.15) is 0 Å². The van der Waals surface area contributed by atoms with Gasteiger partial charge in [-0.25, -0.2) is 4.79 Å². The molecule has 0 saturated carbocycles. The molecule has 1 aliphatic heterocycles. The van der Waals surface area contributed by atoms with Crippen LogP contribution in [0.15, 0.2) is 109 Å². The summed E-state index contributed by atoms with van der Waals surface area (Å²) in [6.07, 6.45) is 0. The number of aromatic carboxylic acids is 1. The number of benzene rings is 4. The van der Waals surface area contributed by atoms with Crippen LogP contribution >= 0.6 is 0 Å². The first kappa shape index (κ1) is 33.1. The molecule has 9 heteroatoms. The maximum absolute atomic E-state index is 11.0. The molecule has 1 radical (unpaired) electrons. The van der Waals surface area contributed by atoms with Gasteiger partial charge in [0.05, 0.1) is 45.2 Å². The van der Waals surface area contributed by atoms with E-state index in [0.29, 0.717) is 64.4 Å². The van der Waals surface area contributed by atoms with Crippen molar-refractivity contribution in [3.63, 3.8) is 0 Å². The third kappa shape index (κ3) is 10.8. The topological polar surface area (TPSA) is 116 Å². The zero-order chi connectivity index (χ0) is 28.5. The Balaban J connectivity index is 0.000000227. The second-order valence-electron chi connectivity index (χ2n) is 8.97. The third-order valence-electron chi connectivity index (χ3n) is 6.09. The van der Waals surface area contributed by atoms with Crippen molar-refractivity contribution < 1.29 is 39.1 Å². The van der Waals surface area contributed by atoms with Gasteiger partial charge in [0.1, 0.15) is 13.2 Å². The summed E-state index contributed by atoms with van der Waals surface area (Å²) in [5.74, 6) is -0.145. The second kappa shape index (κ2) is 18.9. The summed E-state index contributed by atoms with van der Waals surface area (Å²) in [4.78, 5) is 11.0. The van der Waals surface area contributed by atoms with Crippen LogP contribution in [0.25, 0.3) is 0 Å². The van der Waals surface area contributed by atoms with Crippen LogP contribution in [0, 0.1) is 0 Å². The molecule has 221 valence electrons. The van der Waals surface area contributed by atoms with Gasteiger partial charge < -0.3 is 34.3 Å². The van der Waals surface area contributed by atoms with Crippen molar-refractivity contribution in [1.29, 1.82) is 0 Å². The molecular formula is C33H38O8Sn+. The number of ether oxygens (including phenoxy) is 5. The Kier molecular flexibility index (Phi) is 14.9. The van der Waals surface area contributed by atoms with Gasteiger partial charge in [-0.1, -0.05) is 0 Å². The van der Waals surface area contributed by atoms with Gasteiger partial charge in [0, 0.05) is 0 Å². The molecule has 0 aliphatic carbocycles. The molecule has 8 nitrogen and oxygen atoms in total. The molecule has 4 aromatic rings. The molecule has 0 fully saturated rings. The van der Waals surface area contributed by atoms with Crippen molar-refractivity contribution in [2.24, 2.45) is 0 Å². The van der Waals surface area contributed by atoms with E-state index < -0.39 is 25.7 Å². The van der Waals surface area contributed by atoms with E-state index in [1.165, 1.54) is 22.9 Å². The Morgan fingerprint density at radius 2 is 0.905 bits per heavy atom. The Labute approximate surface area is 253 Å². The number of carboxylic acid groups (broad SMARTS) is 1. The van der Waals surface area contributed by atoms with Crippen LogP contribution in [0.4, 0.5) is 0 Å². The van der Waals surface area contributed by atoms with Crippen LogP contribution in [0.5, 0.6) is 11.5 Å². The van der Waals surface area contributed by atoms with Gasteiger partial charge >= 0.3 is 127 Å². The van der Waals surface area contributed by atoms with Crippen LogP contribution in [-0.4, -0.2) is 83.7 Å². The minimum atomic E-state index is -1.98. The van der Waals surface area contributed by atoms with E-state index in [9.17, 15) is 4.79 Å². The van der Waals surface area contributed by atoms with Gasteiger partial charge in [0.2, 0.25) is 0 Å². The number of fused-ring (bicyclic) bond motifs is 1. The van der Waals surface area contributed by atoms with Gasteiger partial charge in [-0.3, -0.25) is 0 Å². The fraction of sp³-hybridized carbons (Fsp3) is 0.242. The summed E-state index contributed by atoms with van der Waals surface area (Å²) in [5, 5.41) is 9.04. The third-order valence-corrected chi connectivity index (χ3v) is 13.9. The standard InChI is InChI=1S/C15H20O7.3C6H5.H2O.Sn/c16-15(17)12-1-2-13-14(11-12)22-10-8-20-6-4-18-3-5-19-7-9-21-13;3*1-2-4-6-5-3-1;;/h1-2,11H,3-10H2,(H,16,17);3*1-5H;1H2;/p+1.